The standard InChI is InChI=1S/C22H15N2.Y/c1-24-21-12-10-16(20-8-4-5-13-23-20)14-19(21)18-11-9-15-6-2-3-7-17(15)22(18)24;/h2-8,10-14H,1H3;/q-1;. The van der Waals surface area contributed by atoms with E-state index in [1.807, 2.05) is 24.4 Å². The molecule has 0 fully saturated rings. The Morgan fingerprint density at radius 1 is 0.880 bits per heavy atom. The molecule has 2 aromatic heterocycles. The van der Waals surface area contributed by atoms with Gasteiger partial charge in [-0.25, -0.2) is 0 Å². The normalized spacial score (nSPS) is 11.1. The summed E-state index contributed by atoms with van der Waals surface area (Å²) in [6.45, 7) is 0. The molecule has 117 valence electrons. The van der Waals surface area contributed by atoms with E-state index in [1.165, 1.54) is 27.2 Å². The van der Waals surface area contributed by atoms with Crippen LogP contribution in [0.5, 0.6) is 0 Å². The van der Waals surface area contributed by atoms with E-state index >= 15 is 0 Å². The van der Waals surface area contributed by atoms with Crippen molar-refractivity contribution < 1.29 is 32.7 Å². The van der Waals surface area contributed by atoms with Crippen LogP contribution in [0, 0.1) is 6.07 Å². The maximum absolute atomic E-state index is 4.48. The quantitative estimate of drug-likeness (QED) is 0.350. The monoisotopic (exact) mass is 396 g/mol. The molecular weight excluding hydrogens is 381 g/mol. The maximum atomic E-state index is 4.48. The van der Waals surface area contributed by atoms with Crippen LogP contribution in [0.2, 0.25) is 0 Å². The second-order valence-corrected chi connectivity index (χ2v) is 6.10. The number of rotatable bonds is 1. The molecule has 0 aliphatic heterocycles. The van der Waals surface area contributed by atoms with Crippen LogP contribution in [-0.4, -0.2) is 9.55 Å². The number of hydrogen-bond donors (Lipinski definition) is 0. The molecule has 25 heavy (non-hydrogen) atoms. The molecule has 3 heteroatoms. The van der Waals surface area contributed by atoms with Crippen LogP contribution >= 0.6 is 0 Å². The molecule has 0 spiro atoms. The minimum Gasteiger partial charge on any atom is -0.361 e. The minimum absolute atomic E-state index is 0. The van der Waals surface area contributed by atoms with Crippen molar-refractivity contribution in [3.05, 3.63) is 79.0 Å². The Balaban J connectivity index is 0.00000157. The van der Waals surface area contributed by atoms with Crippen molar-refractivity contribution in [3.63, 3.8) is 0 Å². The van der Waals surface area contributed by atoms with Gasteiger partial charge in [-0.2, -0.15) is 0 Å². The molecule has 1 radical (unpaired) electrons. The summed E-state index contributed by atoms with van der Waals surface area (Å²) in [4.78, 5) is 4.48. The van der Waals surface area contributed by atoms with Crippen LogP contribution in [0.1, 0.15) is 0 Å². The molecular formula is C22H15N2Y-. The summed E-state index contributed by atoms with van der Waals surface area (Å²) in [5.74, 6) is 0. The summed E-state index contributed by atoms with van der Waals surface area (Å²) < 4.78 is 2.28. The fourth-order valence-corrected chi connectivity index (χ4v) is 3.60. The number of hydrogen-bond acceptors (Lipinski definition) is 1. The molecule has 3 aromatic carbocycles. The fourth-order valence-electron chi connectivity index (χ4n) is 3.60. The third-order valence-electron chi connectivity index (χ3n) is 4.75. The molecule has 5 aromatic rings. The van der Waals surface area contributed by atoms with Gasteiger partial charge < -0.3 is 4.57 Å². The zero-order valence-electron chi connectivity index (χ0n) is 13.9. The average molecular weight is 396 g/mol. The maximum Gasteiger partial charge on any atom is 0.0701 e. The van der Waals surface area contributed by atoms with Gasteiger partial charge in [0.1, 0.15) is 0 Å². The summed E-state index contributed by atoms with van der Waals surface area (Å²) in [6, 6.07) is 26.6. The largest absolute Gasteiger partial charge is 0.361 e. The topological polar surface area (TPSA) is 17.8 Å². The van der Waals surface area contributed by atoms with E-state index < -0.39 is 0 Å². The van der Waals surface area contributed by atoms with Crippen LogP contribution in [0.3, 0.4) is 0 Å². The number of aromatic nitrogens is 2. The second kappa shape index (κ2) is 6.36. The van der Waals surface area contributed by atoms with Gasteiger partial charge in [-0.1, -0.05) is 41.1 Å². The summed E-state index contributed by atoms with van der Waals surface area (Å²) >= 11 is 0. The van der Waals surface area contributed by atoms with Crippen LogP contribution < -0.4 is 0 Å². The molecule has 0 atom stereocenters. The molecule has 0 unspecified atom stereocenters. The summed E-state index contributed by atoms with van der Waals surface area (Å²) in [6.07, 6.45) is 1.84. The van der Waals surface area contributed by atoms with Gasteiger partial charge in [-0.15, -0.1) is 29.7 Å². The molecule has 0 bridgehead atoms. The SMILES string of the molecule is Cn1c2ccc(-c3ccccn3)cc2c2c[c-]c3ccccc3c21.[Y]. The summed E-state index contributed by atoms with van der Waals surface area (Å²) in [5.41, 5.74) is 4.64. The molecule has 0 saturated heterocycles. The van der Waals surface area contributed by atoms with Gasteiger partial charge in [0, 0.05) is 57.0 Å². The van der Waals surface area contributed by atoms with E-state index in [2.05, 4.69) is 71.2 Å². The molecule has 0 saturated carbocycles. The van der Waals surface area contributed by atoms with Crippen molar-refractivity contribution >= 4 is 32.6 Å². The smallest absolute Gasteiger partial charge is 0.0701 e. The number of nitrogens with zero attached hydrogens (tertiary/aromatic N) is 2. The number of benzene rings is 3. The fraction of sp³-hybridized carbons (Fsp3) is 0.0455. The van der Waals surface area contributed by atoms with E-state index in [0.29, 0.717) is 0 Å². The third-order valence-corrected chi connectivity index (χ3v) is 4.75. The zero-order chi connectivity index (χ0) is 16.1. The third kappa shape index (κ3) is 2.52. The van der Waals surface area contributed by atoms with Gasteiger partial charge in [-0.3, -0.25) is 4.98 Å². The van der Waals surface area contributed by atoms with Gasteiger partial charge in [0.2, 0.25) is 0 Å². The zero-order valence-corrected chi connectivity index (χ0v) is 16.7. The van der Waals surface area contributed by atoms with Gasteiger partial charge in [0.25, 0.3) is 0 Å². The van der Waals surface area contributed by atoms with E-state index in [0.717, 1.165) is 16.6 Å². The number of fused-ring (bicyclic) bond motifs is 5. The van der Waals surface area contributed by atoms with Crippen LogP contribution in [0.4, 0.5) is 0 Å². The first kappa shape index (κ1) is 16.4. The van der Waals surface area contributed by atoms with Crippen molar-refractivity contribution in [1.82, 2.24) is 9.55 Å². The summed E-state index contributed by atoms with van der Waals surface area (Å²) in [7, 11) is 2.14. The predicted molar refractivity (Wildman–Crippen MR) is 100.0 cm³/mol. The molecule has 2 heterocycles. The van der Waals surface area contributed by atoms with E-state index in [-0.39, 0.29) is 32.7 Å². The van der Waals surface area contributed by atoms with Crippen molar-refractivity contribution in [2.45, 2.75) is 0 Å². The summed E-state index contributed by atoms with van der Waals surface area (Å²) in [5, 5.41) is 4.88. The van der Waals surface area contributed by atoms with E-state index in [4.69, 9.17) is 0 Å². The van der Waals surface area contributed by atoms with Crippen LogP contribution in [-0.2, 0) is 39.8 Å². The molecule has 0 amide bonds. The van der Waals surface area contributed by atoms with Gasteiger partial charge in [0.05, 0.1) is 5.69 Å². The average Bonchev–Trinajstić information content (AvgIpc) is 2.95. The van der Waals surface area contributed by atoms with Gasteiger partial charge >= 0.3 is 0 Å². The molecule has 0 N–H and O–H groups in total. The minimum atomic E-state index is 0. The predicted octanol–water partition coefficient (Wildman–Crippen LogP) is 5.34. The Morgan fingerprint density at radius 2 is 1.72 bits per heavy atom. The Kier molecular flexibility index (Phi) is 4.19. The van der Waals surface area contributed by atoms with E-state index in [9.17, 15) is 0 Å². The first-order valence-corrected chi connectivity index (χ1v) is 8.06. The first-order chi connectivity index (χ1) is 11.8. The second-order valence-electron chi connectivity index (χ2n) is 6.10. The Bertz CT molecular complexity index is 1210. The van der Waals surface area contributed by atoms with Crippen LogP contribution in [0.25, 0.3) is 43.8 Å². The van der Waals surface area contributed by atoms with Crippen molar-refractivity contribution in [3.8, 4) is 11.3 Å². The Hall–Kier alpha value is -2.03. The van der Waals surface area contributed by atoms with Crippen molar-refractivity contribution in [2.75, 3.05) is 0 Å². The van der Waals surface area contributed by atoms with Gasteiger partial charge in [0.15, 0.2) is 0 Å². The van der Waals surface area contributed by atoms with Crippen molar-refractivity contribution in [2.24, 2.45) is 7.05 Å². The first-order valence-electron chi connectivity index (χ1n) is 8.06. The number of pyridine rings is 1. The Morgan fingerprint density at radius 3 is 2.56 bits per heavy atom. The number of aryl methyl sites for hydroxylation is 1. The van der Waals surface area contributed by atoms with Gasteiger partial charge in [-0.05, 0) is 29.1 Å². The molecule has 2 nitrogen and oxygen atoms in total. The van der Waals surface area contributed by atoms with Crippen LogP contribution in [0.15, 0.2) is 72.9 Å². The van der Waals surface area contributed by atoms with E-state index in [1.54, 1.807) is 0 Å². The van der Waals surface area contributed by atoms with Crippen molar-refractivity contribution in [1.29, 1.82) is 0 Å². The molecule has 5 rings (SSSR count). The molecule has 0 aliphatic carbocycles. The Labute approximate surface area is 171 Å². The molecule has 0 aliphatic rings.